The highest BCUT2D eigenvalue weighted by Crippen LogP contribution is 2.20. The van der Waals surface area contributed by atoms with Crippen molar-refractivity contribution in [2.45, 2.75) is 6.61 Å². The van der Waals surface area contributed by atoms with E-state index in [0.717, 1.165) is 16.8 Å². The zero-order chi connectivity index (χ0) is 22.2. The number of carbonyl (C=O) groups is 2. The van der Waals surface area contributed by atoms with Crippen LogP contribution in [0.15, 0.2) is 91.0 Å². The van der Waals surface area contributed by atoms with Crippen LogP contribution in [0.3, 0.4) is 0 Å². The highest BCUT2D eigenvalue weighted by Gasteiger charge is 2.19. The van der Waals surface area contributed by atoms with Crippen molar-refractivity contribution >= 4 is 11.8 Å². The van der Waals surface area contributed by atoms with Crippen LogP contribution in [0.2, 0.25) is 0 Å². The minimum absolute atomic E-state index is 0.0711. The van der Waals surface area contributed by atoms with Crippen molar-refractivity contribution < 1.29 is 14.3 Å². The lowest BCUT2D eigenvalue weighted by Crippen LogP contribution is -2.43. The Morgan fingerprint density at radius 2 is 1.44 bits per heavy atom. The summed E-state index contributed by atoms with van der Waals surface area (Å²) in [5.74, 6) is -0.675. The van der Waals surface area contributed by atoms with Gasteiger partial charge in [0, 0.05) is 5.56 Å². The van der Waals surface area contributed by atoms with Gasteiger partial charge in [-0.25, -0.2) is 9.67 Å². The summed E-state index contributed by atoms with van der Waals surface area (Å²) in [6, 6.07) is 28.3. The molecule has 8 heteroatoms. The lowest BCUT2D eigenvalue weighted by atomic mass is 10.2. The third kappa shape index (κ3) is 5.24. The SMILES string of the molecule is O=C(COCc1ccccc1)NNC(=O)c1nc(-c2ccccc2)n(-c2ccccc2)n1. The molecule has 32 heavy (non-hydrogen) atoms. The van der Waals surface area contributed by atoms with Crippen LogP contribution in [-0.2, 0) is 16.1 Å². The van der Waals surface area contributed by atoms with Crippen LogP contribution in [0.25, 0.3) is 17.1 Å². The topological polar surface area (TPSA) is 98.1 Å². The average Bonchev–Trinajstić information content (AvgIpc) is 3.30. The minimum atomic E-state index is -0.631. The molecule has 0 fully saturated rings. The second-order valence-electron chi connectivity index (χ2n) is 6.85. The van der Waals surface area contributed by atoms with Crippen LogP contribution in [-0.4, -0.2) is 33.2 Å². The maximum absolute atomic E-state index is 12.6. The highest BCUT2D eigenvalue weighted by atomic mass is 16.5. The number of hydrogen-bond acceptors (Lipinski definition) is 5. The standard InChI is InChI=1S/C24H21N5O3/c30-21(17-32-16-18-10-4-1-5-11-18)26-27-24(31)22-25-23(19-12-6-2-7-13-19)29(28-22)20-14-8-3-9-15-20/h1-15H,16-17H2,(H,26,30)(H,27,31). The summed E-state index contributed by atoms with van der Waals surface area (Å²) in [7, 11) is 0. The van der Waals surface area contributed by atoms with Crippen LogP contribution in [0.1, 0.15) is 16.2 Å². The fourth-order valence-electron chi connectivity index (χ4n) is 2.99. The van der Waals surface area contributed by atoms with Gasteiger partial charge in [0.15, 0.2) is 5.82 Å². The van der Waals surface area contributed by atoms with Gasteiger partial charge in [0.1, 0.15) is 6.61 Å². The molecule has 0 aliphatic carbocycles. The number of hydrazine groups is 1. The van der Waals surface area contributed by atoms with Gasteiger partial charge in [0.05, 0.1) is 12.3 Å². The Bertz CT molecular complexity index is 1120. The van der Waals surface area contributed by atoms with Crippen molar-refractivity contribution in [3.63, 3.8) is 0 Å². The van der Waals surface area contributed by atoms with E-state index in [9.17, 15) is 9.59 Å². The lowest BCUT2D eigenvalue weighted by molar-refractivity contribution is -0.126. The van der Waals surface area contributed by atoms with E-state index < -0.39 is 11.8 Å². The molecular weight excluding hydrogens is 406 g/mol. The third-order valence-corrected chi connectivity index (χ3v) is 4.50. The predicted molar refractivity (Wildman–Crippen MR) is 119 cm³/mol. The summed E-state index contributed by atoms with van der Waals surface area (Å²) < 4.78 is 6.95. The van der Waals surface area contributed by atoms with Gasteiger partial charge >= 0.3 is 5.91 Å². The first-order chi connectivity index (χ1) is 15.7. The number of nitrogens with one attached hydrogen (secondary N) is 2. The van der Waals surface area contributed by atoms with E-state index in [1.165, 1.54) is 0 Å². The molecule has 2 amide bonds. The van der Waals surface area contributed by atoms with Gasteiger partial charge in [0.25, 0.3) is 5.91 Å². The monoisotopic (exact) mass is 427 g/mol. The Morgan fingerprint density at radius 3 is 2.12 bits per heavy atom. The highest BCUT2D eigenvalue weighted by molar-refractivity contribution is 5.92. The second kappa shape index (κ2) is 10.1. The van der Waals surface area contributed by atoms with Crippen molar-refractivity contribution in [3.8, 4) is 17.1 Å². The van der Waals surface area contributed by atoms with Gasteiger partial charge in [-0.3, -0.25) is 20.4 Å². The van der Waals surface area contributed by atoms with Crippen molar-refractivity contribution in [3.05, 3.63) is 102 Å². The zero-order valence-electron chi connectivity index (χ0n) is 17.1. The van der Waals surface area contributed by atoms with Gasteiger partial charge in [0.2, 0.25) is 5.82 Å². The lowest BCUT2D eigenvalue weighted by Gasteiger charge is -2.06. The molecule has 160 valence electrons. The number of rotatable bonds is 7. The zero-order valence-corrected chi connectivity index (χ0v) is 17.1. The van der Waals surface area contributed by atoms with Crippen molar-refractivity contribution in [2.75, 3.05) is 6.61 Å². The molecule has 0 aliphatic rings. The smallest absolute Gasteiger partial charge is 0.309 e. The number of carbonyl (C=O) groups excluding carboxylic acids is 2. The van der Waals surface area contributed by atoms with E-state index in [1.807, 2.05) is 91.0 Å². The van der Waals surface area contributed by atoms with E-state index in [4.69, 9.17) is 4.74 Å². The van der Waals surface area contributed by atoms with Gasteiger partial charge in [-0.2, -0.15) is 0 Å². The summed E-state index contributed by atoms with van der Waals surface area (Å²) in [6.07, 6.45) is 0. The van der Waals surface area contributed by atoms with Gasteiger partial charge in [-0.15, -0.1) is 5.10 Å². The fraction of sp³-hybridized carbons (Fsp3) is 0.0833. The predicted octanol–water partition coefficient (Wildman–Crippen LogP) is 2.91. The second-order valence-corrected chi connectivity index (χ2v) is 6.85. The molecule has 8 nitrogen and oxygen atoms in total. The van der Waals surface area contributed by atoms with Crippen molar-refractivity contribution in [2.24, 2.45) is 0 Å². The molecule has 2 N–H and O–H groups in total. The van der Waals surface area contributed by atoms with Gasteiger partial charge in [-0.1, -0.05) is 78.9 Å². The number of para-hydroxylation sites is 1. The molecule has 4 rings (SSSR count). The van der Waals surface area contributed by atoms with Crippen molar-refractivity contribution in [1.29, 1.82) is 0 Å². The number of aromatic nitrogens is 3. The quantitative estimate of drug-likeness (QED) is 0.442. The van der Waals surface area contributed by atoms with E-state index in [0.29, 0.717) is 12.4 Å². The fourth-order valence-corrected chi connectivity index (χ4v) is 2.99. The number of benzene rings is 3. The Balaban J connectivity index is 1.41. The molecule has 0 radical (unpaired) electrons. The molecule has 0 unspecified atom stereocenters. The van der Waals surface area contributed by atoms with E-state index in [1.54, 1.807) is 4.68 Å². The number of hydrogen-bond donors (Lipinski definition) is 2. The molecule has 0 bridgehead atoms. The molecule has 0 saturated carbocycles. The Morgan fingerprint density at radius 1 is 0.812 bits per heavy atom. The molecule has 0 atom stereocenters. The number of ether oxygens (including phenoxy) is 1. The minimum Gasteiger partial charge on any atom is -0.367 e. The maximum Gasteiger partial charge on any atom is 0.309 e. The normalized spacial score (nSPS) is 10.5. The maximum atomic E-state index is 12.6. The summed E-state index contributed by atoms with van der Waals surface area (Å²) in [4.78, 5) is 28.9. The van der Waals surface area contributed by atoms with Gasteiger partial charge in [-0.05, 0) is 17.7 Å². The Labute approximate surface area is 184 Å². The van der Waals surface area contributed by atoms with Crippen LogP contribution in [0, 0.1) is 0 Å². The first kappa shape index (κ1) is 21.0. The average molecular weight is 427 g/mol. The van der Waals surface area contributed by atoms with Gasteiger partial charge < -0.3 is 4.74 Å². The van der Waals surface area contributed by atoms with Crippen LogP contribution < -0.4 is 10.9 Å². The van der Waals surface area contributed by atoms with Crippen molar-refractivity contribution in [1.82, 2.24) is 25.6 Å². The number of nitrogens with zero attached hydrogens (tertiary/aromatic N) is 3. The molecular formula is C24H21N5O3. The molecule has 3 aromatic carbocycles. The molecule has 0 spiro atoms. The molecule has 4 aromatic rings. The van der Waals surface area contributed by atoms with E-state index in [2.05, 4.69) is 20.9 Å². The van der Waals surface area contributed by atoms with Crippen LogP contribution >= 0.6 is 0 Å². The Hall–Kier alpha value is -4.30. The molecule has 0 saturated heterocycles. The third-order valence-electron chi connectivity index (χ3n) is 4.50. The summed E-state index contributed by atoms with van der Waals surface area (Å²) >= 11 is 0. The van der Waals surface area contributed by atoms with Crippen LogP contribution in [0.4, 0.5) is 0 Å². The molecule has 0 aliphatic heterocycles. The largest absolute Gasteiger partial charge is 0.367 e. The first-order valence-corrected chi connectivity index (χ1v) is 9.99. The first-order valence-electron chi connectivity index (χ1n) is 9.99. The molecule has 1 heterocycles. The molecule has 1 aromatic heterocycles. The van der Waals surface area contributed by atoms with E-state index in [-0.39, 0.29) is 12.4 Å². The summed E-state index contributed by atoms with van der Waals surface area (Å²) in [6.45, 7) is 0.0992. The number of amides is 2. The summed E-state index contributed by atoms with van der Waals surface area (Å²) in [5, 5.41) is 4.35. The summed E-state index contributed by atoms with van der Waals surface area (Å²) in [5.41, 5.74) is 7.18. The Kier molecular flexibility index (Phi) is 6.64. The van der Waals surface area contributed by atoms with E-state index >= 15 is 0 Å². The van der Waals surface area contributed by atoms with Crippen LogP contribution in [0.5, 0.6) is 0 Å².